The monoisotopic (exact) mass is 282 g/mol. The number of carbonyl (C=O) groups is 1. The molecule has 3 nitrogen and oxygen atoms in total. The van der Waals surface area contributed by atoms with E-state index in [-0.39, 0.29) is 0 Å². The Kier molecular flexibility index (Phi) is 4.03. The van der Waals surface area contributed by atoms with Gasteiger partial charge in [0, 0.05) is 5.69 Å². The Morgan fingerprint density at radius 2 is 1.57 bits per heavy atom. The van der Waals surface area contributed by atoms with E-state index in [0.717, 1.165) is 16.8 Å². The highest BCUT2D eigenvalue weighted by Gasteiger charge is 2.34. The first-order chi connectivity index (χ1) is 9.83. The number of benzene rings is 2. The van der Waals surface area contributed by atoms with Crippen LogP contribution in [0, 0.1) is 20.8 Å². The van der Waals surface area contributed by atoms with Gasteiger partial charge < -0.3 is 11.1 Å². The van der Waals surface area contributed by atoms with Crippen molar-refractivity contribution in [1.29, 1.82) is 0 Å². The average Bonchev–Trinajstić information content (AvgIpc) is 2.41. The first-order valence-corrected chi connectivity index (χ1v) is 7.05. The van der Waals surface area contributed by atoms with Crippen molar-refractivity contribution in [2.75, 3.05) is 5.32 Å². The van der Waals surface area contributed by atoms with Crippen molar-refractivity contribution in [3.05, 3.63) is 64.7 Å². The van der Waals surface area contributed by atoms with Crippen LogP contribution in [-0.4, -0.2) is 5.91 Å². The number of anilines is 1. The molecule has 2 aromatic rings. The number of hydrogen-bond donors (Lipinski definition) is 2. The summed E-state index contributed by atoms with van der Waals surface area (Å²) in [5.74, 6) is -0.393. The molecule has 0 aliphatic heterocycles. The third-order valence-electron chi connectivity index (χ3n) is 3.86. The SMILES string of the molecule is Cc1ccc(NC(C)(C(N)=O)c2ccc(C)cc2C)cc1. The largest absolute Gasteiger partial charge is 0.368 e. The van der Waals surface area contributed by atoms with Crippen LogP contribution in [0.4, 0.5) is 5.69 Å². The van der Waals surface area contributed by atoms with E-state index < -0.39 is 11.4 Å². The lowest BCUT2D eigenvalue weighted by atomic mass is 9.86. The number of primary amides is 1. The molecule has 0 aromatic heterocycles. The Hall–Kier alpha value is -2.29. The number of amides is 1. The van der Waals surface area contributed by atoms with E-state index in [9.17, 15) is 4.79 Å². The van der Waals surface area contributed by atoms with Gasteiger partial charge in [-0.3, -0.25) is 4.79 Å². The molecule has 0 saturated carbocycles. The predicted octanol–water partition coefficient (Wildman–Crippen LogP) is 3.42. The number of carbonyl (C=O) groups excluding carboxylic acids is 1. The smallest absolute Gasteiger partial charge is 0.247 e. The highest BCUT2D eigenvalue weighted by molar-refractivity contribution is 5.89. The third kappa shape index (κ3) is 3.07. The van der Waals surface area contributed by atoms with Gasteiger partial charge in [-0.05, 0) is 51.0 Å². The van der Waals surface area contributed by atoms with Crippen LogP contribution in [0.2, 0.25) is 0 Å². The first kappa shape index (κ1) is 15.1. The zero-order valence-corrected chi connectivity index (χ0v) is 13.0. The van der Waals surface area contributed by atoms with Gasteiger partial charge in [-0.15, -0.1) is 0 Å². The highest BCUT2D eigenvalue weighted by Crippen LogP contribution is 2.29. The van der Waals surface area contributed by atoms with Gasteiger partial charge in [-0.25, -0.2) is 0 Å². The molecule has 1 unspecified atom stereocenters. The van der Waals surface area contributed by atoms with E-state index in [1.807, 2.05) is 64.1 Å². The standard InChI is InChI=1S/C18H22N2O/c1-12-5-8-15(9-6-12)20-18(4,17(19)21)16-10-7-13(2)11-14(16)3/h5-11,20H,1-4H3,(H2,19,21). The Balaban J connectivity index is 2.45. The number of aryl methyl sites for hydroxylation is 3. The summed E-state index contributed by atoms with van der Waals surface area (Å²) in [5.41, 5.74) is 9.92. The van der Waals surface area contributed by atoms with Crippen LogP contribution in [0.5, 0.6) is 0 Å². The summed E-state index contributed by atoms with van der Waals surface area (Å²) in [5, 5.41) is 3.28. The lowest BCUT2D eigenvalue weighted by Gasteiger charge is -2.31. The highest BCUT2D eigenvalue weighted by atomic mass is 16.1. The molecule has 0 bridgehead atoms. The molecule has 0 spiro atoms. The number of nitrogens with one attached hydrogen (secondary N) is 1. The Morgan fingerprint density at radius 1 is 1.00 bits per heavy atom. The van der Waals surface area contributed by atoms with Crippen LogP contribution < -0.4 is 11.1 Å². The fourth-order valence-electron chi connectivity index (χ4n) is 2.56. The maximum atomic E-state index is 12.1. The van der Waals surface area contributed by atoms with Gasteiger partial charge in [0.1, 0.15) is 5.54 Å². The van der Waals surface area contributed by atoms with Crippen LogP contribution in [0.1, 0.15) is 29.2 Å². The number of hydrogen-bond acceptors (Lipinski definition) is 2. The van der Waals surface area contributed by atoms with E-state index in [1.165, 1.54) is 11.1 Å². The van der Waals surface area contributed by atoms with Crippen molar-refractivity contribution >= 4 is 11.6 Å². The summed E-state index contributed by atoms with van der Waals surface area (Å²) in [6.07, 6.45) is 0. The lowest BCUT2D eigenvalue weighted by Crippen LogP contribution is -2.45. The molecule has 2 rings (SSSR count). The summed E-state index contributed by atoms with van der Waals surface area (Å²) in [6.45, 7) is 7.89. The van der Waals surface area contributed by atoms with Gasteiger partial charge in [0.2, 0.25) is 5.91 Å². The molecular weight excluding hydrogens is 260 g/mol. The van der Waals surface area contributed by atoms with Gasteiger partial charge in [0.15, 0.2) is 0 Å². The third-order valence-corrected chi connectivity index (χ3v) is 3.86. The van der Waals surface area contributed by atoms with Crippen molar-refractivity contribution in [2.24, 2.45) is 5.73 Å². The summed E-state index contributed by atoms with van der Waals surface area (Å²) in [6, 6.07) is 14.0. The predicted molar refractivity (Wildman–Crippen MR) is 87.3 cm³/mol. The van der Waals surface area contributed by atoms with Gasteiger partial charge in [-0.2, -0.15) is 0 Å². The van der Waals surface area contributed by atoms with E-state index in [1.54, 1.807) is 0 Å². The quantitative estimate of drug-likeness (QED) is 0.902. The molecule has 1 amide bonds. The molecule has 1 atom stereocenters. The molecule has 0 radical (unpaired) electrons. The summed E-state index contributed by atoms with van der Waals surface area (Å²) >= 11 is 0. The maximum Gasteiger partial charge on any atom is 0.247 e. The summed E-state index contributed by atoms with van der Waals surface area (Å²) < 4.78 is 0. The molecule has 110 valence electrons. The lowest BCUT2D eigenvalue weighted by molar-refractivity contribution is -0.122. The van der Waals surface area contributed by atoms with Gasteiger partial charge in [0.25, 0.3) is 0 Å². The van der Waals surface area contributed by atoms with Gasteiger partial charge in [0.05, 0.1) is 0 Å². The molecule has 2 aromatic carbocycles. The van der Waals surface area contributed by atoms with Crippen molar-refractivity contribution in [3.63, 3.8) is 0 Å². The minimum absolute atomic E-state index is 0.393. The van der Waals surface area contributed by atoms with Gasteiger partial charge >= 0.3 is 0 Å². The Bertz CT molecular complexity index is 661. The van der Waals surface area contributed by atoms with E-state index in [0.29, 0.717) is 0 Å². The van der Waals surface area contributed by atoms with E-state index in [2.05, 4.69) is 11.4 Å². The minimum atomic E-state index is -0.937. The van der Waals surface area contributed by atoms with Gasteiger partial charge in [-0.1, -0.05) is 41.5 Å². The van der Waals surface area contributed by atoms with Crippen LogP contribution >= 0.6 is 0 Å². The topological polar surface area (TPSA) is 55.1 Å². The molecular formula is C18H22N2O. The van der Waals surface area contributed by atoms with Crippen LogP contribution in [0.25, 0.3) is 0 Å². The normalized spacial score (nSPS) is 13.5. The van der Waals surface area contributed by atoms with E-state index in [4.69, 9.17) is 5.73 Å². The van der Waals surface area contributed by atoms with Crippen molar-refractivity contribution in [1.82, 2.24) is 0 Å². The van der Waals surface area contributed by atoms with Crippen molar-refractivity contribution < 1.29 is 4.79 Å². The summed E-state index contributed by atoms with van der Waals surface area (Å²) in [4.78, 5) is 12.1. The molecule has 0 aliphatic rings. The molecule has 21 heavy (non-hydrogen) atoms. The Morgan fingerprint density at radius 3 is 2.10 bits per heavy atom. The first-order valence-electron chi connectivity index (χ1n) is 7.05. The van der Waals surface area contributed by atoms with E-state index >= 15 is 0 Å². The molecule has 0 heterocycles. The number of rotatable bonds is 4. The fraction of sp³-hybridized carbons (Fsp3) is 0.278. The average molecular weight is 282 g/mol. The molecule has 3 heteroatoms. The second kappa shape index (κ2) is 5.60. The summed E-state index contributed by atoms with van der Waals surface area (Å²) in [7, 11) is 0. The van der Waals surface area contributed by atoms with Crippen LogP contribution in [0.3, 0.4) is 0 Å². The molecule has 3 N–H and O–H groups in total. The molecule has 0 aliphatic carbocycles. The molecule has 0 fully saturated rings. The second-order valence-corrected chi connectivity index (χ2v) is 5.80. The zero-order chi connectivity index (χ0) is 15.6. The van der Waals surface area contributed by atoms with Crippen molar-refractivity contribution in [2.45, 2.75) is 33.2 Å². The van der Waals surface area contributed by atoms with Crippen LogP contribution in [0.15, 0.2) is 42.5 Å². The fourth-order valence-corrected chi connectivity index (χ4v) is 2.56. The Labute approximate surface area is 126 Å². The maximum absolute atomic E-state index is 12.1. The second-order valence-electron chi connectivity index (χ2n) is 5.80. The van der Waals surface area contributed by atoms with Crippen molar-refractivity contribution in [3.8, 4) is 0 Å². The van der Waals surface area contributed by atoms with Crippen LogP contribution in [-0.2, 0) is 10.3 Å². The zero-order valence-electron chi connectivity index (χ0n) is 13.0. The number of nitrogens with two attached hydrogens (primary N) is 1. The molecule has 0 saturated heterocycles. The minimum Gasteiger partial charge on any atom is -0.368 e.